The predicted molar refractivity (Wildman–Crippen MR) is 124 cm³/mol. The topological polar surface area (TPSA) is 116 Å². The number of nitrogens with one attached hydrogen (secondary N) is 2. The zero-order valence-electron chi connectivity index (χ0n) is 17.0. The quantitative estimate of drug-likeness (QED) is 0.169. The van der Waals surface area contributed by atoms with Crippen LogP contribution in [0.3, 0.4) is 0 Å². The van der Waals surface area contributed by atoms with Crippen LogP contribution in [-0.2, 0) is 0 Å². The number of rotatable bonds is 0. The second kappa shape index (κ2) is 5.53. The molecule has 0 bridgehead atoms. The highest BCUT2D eigenvalue weighted by Gasteiger charge is 2.32. The van der Waals surface area contributed by atoms with Gasteiger partial charge in [0.25, 0.3) is 23.6 Å². The Bertz CT molecular complexity index is 1920. The molecule has 8 heteroatoms. The molecule has 0 saturated heterocycles. The Hall–Kier alpha value is -4.77. The monoisotopic (exact) mass is 427 g/mol. The summed E-state index contributed by atoms with van der Waals surface area (Å²) in [6, 6.07) is 12.4. The maximum atomic E-state index is 12.7. The van der Waals surface area contributed by atoms with Gasteiger partial charge in [-0.3, -0.25) is 29.8 Å². The van der Waals surface area contributed by atoms with Crippen molar-refractivity contribution in [1.29, 1.82) is 5.26 Å². The summed E-state index contributed by atoms with van der Waals surface area (Å²) in [6.07, 6.45) is 0. The minimum atomic E-state index is -0.539. The van der Waals surface area contributed by atoms with E-state index in [0.717, 1.165) is 21.6 Å². The van der Waals surface area contributed by atoms with Gasteiger partial charge in [0.15, 0.2) is 0 Å². The lowest BCUT2D eigenvalue weighted by Gasteiger charge is -2.25. The number of imide groups is 2. The summed E-state index contributed by atoms with van der Waals surface area (Å²) < 4.78 is 0. The molecule has 2 aliphatic rings. The molecule has 0 atom stereocenters. The van der Waals surface area contributed by atoms with E-state index in [2.05, 4.69) is 16.7 Å². The van der Waals surface area contributed by atoms with Crippen molar-refractivity contribution in [2.75, 3.05) is 0 Å². The van der Waals surface area contributed by atoms with E-state index in [1.807, 2.05) is 13.9 Å². The lowest BCUT2D eigenvalue weighted by atomic mass is 9.77. The minimum absolute atomic E-state index is 0.281. The van der Waals surface area contributed by atoms with Crippen LogP contribution in [0.25, 0.3) is 43.1 Å². The number of nitriles is 1. The molecule has 5 aromatic carbocycles. The molecule has 0 unspecified atom stereocenters. The molecule has 0 aromatic heterocycles. The van der Waals surface area contributed by atoms with E-state index in [-0.39, 0.29) is 11.1 Å². The Morgan fingerprint density at radius 2 is 1.09 bits per heavy atom. The normalized spacial score (nSPS) is 14.9. The van der Waals surface area contributed by atoms with Crippen molar-refractivity contribution < 1.29 is 19.2 Å². The van der Waals surface area contributed by atoms with Gasteiger partial charge in [0, 0.05) is 43.8 Å². The number of hydrogen-bond acceptors (Lipinski definition) is 5. The smallest absolute Gasteiger partial charge is 0.258 e. The van der Waals surface area contributed by atoms with Crippen molar-refractivity contribution >= 4 is 80.0 Å². The number of nitrogens with zero attached hydrogens (tertiary/aromatic N) is 1. The average Bonchev–Trinajstić information content (AvgIpc) is 2.80. The largest absolute Gasteiger partial charge is 0.288 e. The average molecular weight is 427 g/mol. The second-order valence-electron chi connectivity index (χ2n) is 8.46. The van der Waals surface area contributed by atoms with Gasteiger partial charge in [-0.25, -0.2) is 0 Å². The molecule has 5 aromatic rings. The van der Waals surface area contributed by atoms with Gasteiger partial charge < -0.3 is 0 Å². The molecule has 2 aliphatic heterocycles. The maximum Gasteiger partial charge on any atom is 0.258 e. The van der Waals surface area contributed by atoms with Gasteiger partial charge in [0.1, 0.15) is 7.85 Å². The Labute approximate surface area is 185 Å². The Morgan fingerprint density at radius 3 is 1.67 bits per heavy atom. The zero-order valence-corrected chi connectivity index (χ0v) is 17.0. The standard InChI is InChI=1S/C25H10BN3O4/c26-15-6-14-18-12(23(31)29-25(14)33)3-1-9-16-8(7-27)5-13-17-11(22(30)28-24(13)32)4-2-10(20(16)17)19(15)21(9)18/h1-6H,26H2,(H,28,30,32)(H,29,31,33). The first-order valence-electron chi connectivity index (χ1n) is 10.3. The van der Waals surface area contributed by atoms with Crippen LogP contribution >= 0.6 is 0 Å². The van der Waals surface area contributed by atoms with Crippen LogP contribution in [0.4, 0.5) is 0 Å². The Morgan fingerprint density at radius 1 is 0.606 bits per heavy atom. The van der Waals surface area contributed by atoms with Crippen molar-refractivity contribution in [3.05, 3.63) is 64.2 Å². The lowest BCUT2D eigenvalue weighted by molar-refractivity contribution is 0.0828. The fourth-order valence-electron chi connectivity index (χ4n) is 5.61. The summed E-state index contributed by atoms with van der Waals surface area (Å²) >= 11 is 0. The first-order chi connectivity index (χ1) is 15.9. The molecule has 0 saturated carbocycles. The highest BCUT2D eigenvalue weighted by atomic mass is 16.2. The van der Waals surface area contributed by atoms with Crippen LogP contribution in [0.5, 0.6) is 0 Å². The minimum Gasteiger partial charge on any atom is -0.288 e. The number of benzene rings is 5. The molecule has 7 nitrogen and oxygen atoms in total. The fraction of sp³-hybridized carbons (Fsp3) is 0. The molecule has 152 valence electrons. The number of carbonyl (C=O) groups is 4. The maximum absolute atomic E-state index is 12.7. The first kappa shape index (κ1) is 17.9. The molecule has 7 rings (SSSR count). The molecule has 2 N–H and O–H groups in total. The molecule has 0 aliphatic carbocycles. The zero-order chi connectivity index (χ0) is 22.8. The summed E-state index contributed by atoms with van der Waals surface area (Å²) in [5, 5.41) is 20.1. The van der Waals surface area contributed by atoms with Gasteiger partial charge in [0.2, 0.25) is 0 Å². The highest BCUT2D eigenvalue weighted by Crippen LogP contribution is 2.45. The van der Waals surface area contributed by atoms with E-state index >= 15 is 0 Å². The molecule has 0 spiro atoms. The van der Waals surface area contributed by atoms with Crippen LogP contribution in [0.1, 0.15) is 47.0 Å². The summed E-state index contributed by atoms with van der Waals surface area (Å²) in [5.74, 6) is -1.95. The van der Waals surface area contributed by atoms with E-state index < -0.39 is 23.6 Å². The molecule has 2 heterocycles. The molecular weight excluding hydrogens is 417 g/mol. The third-order valence-corrected chi connectivity index (χ3v) is 6.85. The van der Waals surface area contributed by atoms with Crippen LogP contribution in [-0.4, -0.2) is 31.5 Å². The number of hydrogen-bond donors (Lipinski definition) is 2. The van der Waals surface area contributed by atoms with Gasteiger partial charge in [-0.05, 0) is 39.7 Å². The summed E-state index contributed by atoms with van der Waals surface area (Å²) in [7, 11) is 1.88. The van der Waals surface area contributed by atoms with Crippen LogP contribution in [0, 0.1) is 11.3 Å². The number of fused-ring (bicyclic) bond motifs is 2. The van der Waals surface area contributed by atoms with Crippen molar-refractivity contribution in [2.24, 2.45) is 0 Å². The molecule has 4 amide bonds. The SMILES string of the molecule is Bc1cc2c3c(ccc4c5c(C#N)cc6c7c(ccc(c1c34)c75)C(=O)NC6=O)C(=O)NC2=O. The number of amides is 4. The van der Waals surface area contributed by atoms with E-state index in [9.17, 15) is 24.4 Å². The first-order valence-corrected chi connectivity index (χ1v) is 10.3. The predicted octanol–water partition coefficient (Wildman–Crippen LogP) is 1.63. The molecule has 0 radical (unpaired) electrons. The Balaban J connectivity index is 1.89. The van der Waals surface area contributed by atoms with Gasteiger partial charge >= 0.3 is 0 Å². The van der Waals surface area contributed by atoms with Gasteiger partial charge in [-0.15, -0.1) is 0 Å². The van der Waals surface area contributed by atoms with Gasteiger partial charge in [0.05, 0.1) is 11.6 Å². The fourth-order valence-corrected chi connectivity index (χ4v) is 5.61. The summed E-state index contributed by atoms with van der Waals surface area (Å²) in [6.45, 7) is 0. The van der Waals surface area contributed by atoms with Crippen molar-refractivity contribution in [3.8, 4) is 6.07 Å². The van der Waals surface area contributed by atoms with E-state index in [1.54, 1.807) is 24.3 Å². The van der Waals surface area contributed by atoms with Crippen LogP contribution < -0.4 is 16.1 Å². The van der Waals surface area contributed by atoms with Crippen LogP contribution in [0.2, 0.25) is 0 Å². The number of carbonyl (C=O) groups excluding carboxylic acids is 4. The molecule has 0 fully saturated rings. The molecular formula is C25H10BN3O4. The van der Waals surface area contributed by atoms with E-state index in [4.69, 9.17) is 0 Å². The van der Waals surface area contributed by atoms with Crippen LogP contribution in [0.15, 0.2) is 36.4 Å². The Kier molecular flexibility index (Phi) is 2.99. The summed E-state index contributed by atoms with van der Waals surface area (Å²) in [5.41, 5.74) is 2.56. The van der Waals surface area contributed by atoms with Crippen molar-refractivity contribution in [2.45, 2.75) is 0 Å². The van der Waals surface area contributed by atoms with Crippen molar-refractivity contribution in [1.82, 2.24) is 10.6 Å². The third kappa shape index (κ3) is 1.91. The molecule has 33 heavy (non-hydrogen) atoms. The summed E-state index contributed by atoms with van der Waals surface area (Å²) in [4.78, 5) is 50.5. The van der Waals surface area contributed by atoms with Crippen molar-refractivity contribution in [3.63, 3.8) is 0 Å². The van der Waals surface area contributed by atoms with Gasteiger partial charge in [-0.1, -0.05) is 23.7 Å². The second-order valence-corrected chi connectivity index (χ2v) is 8.46. The highest BCUT2D eigenvalue weighted by molar-refractivity contribution is 6.50. The van der Waals surface area contributed by atoms with E-state index in [1.165, 1.54) is 6.07 Å². The lowest BCUT2D eigenvalue weighted by Crippen LogP contribution is -2.35. The third-order valence-electron chi connectivity index (χ3n) is 6.85. The van der Waals surface area contributed by atoms with E-state index in [0.29, 0.717) is 43.6 Å². The van der Waals surface area contributed by atoms with Gasteiger partial charge in [-0.2, -0.15) is 5.26 Å².